The average Bonchev–Trinajstić information content (AvgIpc) is 2.32. The Morgan fingerprint density at radius 2 is 1.79 bits per heavy atom. The molecule has 1 rings (SSSR count). The number of aryl methyl sites for hydroxylation is 1. The van der Waals surface area contributed by atoms with Gasteiger partial charge in [0.05, 0.1) is 13.2 Å². The number of guanidine groups is 1. The van der Waals surface area contributed by atoms with Crippen molar-refractivity contribution < 1.29 is 4.74 Å². The summed E-state index contributed by atoms with van der Waals surface area (Å²) in [7, 11) is 8.01. The minimum atomic E-state index is 0.680. The van der Waals surface area contributed by atoms with E-state index in [2.05, 4.69) is 24.0 Å². The zero-order chi connectivity index (χ0) is 14.4. The number of nitrogens with zero attached hydrogens (tertiary/aromatic N) is 3. The molecule has 0 spiro atoms. The van der Waals surface area contributed by atoms with Crippen molar-refractivity contribution in [2.24, 2.45) is 4.99 Å². The highest BCUT2D eigenvalue weighted by Crippen LogP contribution is 2.19. The Morgan fingerprint density at radius 1 is 1.16 bits per heavy atom. The van der Waals surface area contributed by atoms with Gasteiger partial charge in [0.1, 0.15) is 5.75 Å². The Bertz CT molecular complexity index is 429. The van der Waals surface area contributed by atoms with Gasteiger partial charge < -0.3 is 14.5 Å². The van der Waals surface area contributed by atoms with E-state index < -0.39 is 0 Å². The molecule has 4 nitrogen and oxygen atoms in total. The molecule has 0 aliphatic carbocycles. The van der Waals surface area contributed by atoms with Crippen molar-refractivity contribution >= 4 is 5.96 Å². The normalized spacial score (nSPS) is 10.0. The lowest BCUT2D eigenvalue weighted by Crippen LogP contribution is -2.35. The fraction of sp³-hybridized carbons (Fsp3) is 0.533. The van der Waals surface area contributed by atoms with Crippen LogP contribution in [0.1, 0.15) is 18.1 Å². The van der Waals surface area contributed by atoms with Gasteiger partial charge in [-0.15, -0.1) is 0 Å². The molecule has 0 saturated carbocycles. The predicted octanol–water partition coefficient (Wildman–Crippen LogP) is 2.37. The predicted molar refractivity (Wildman–Crippen MR) is 80.9 cm³/mol. The summed E-state index contributed by atoms with van der Waals surface area (Å²) in [6.07, 6.45) is 0. The Kier molecular flexibility index (Phi) is 5.67. The lowest BCUT2D eigenvalue weighted by Gasteiger charge is -2.22. The molecular weight excluding hydrogens is 238 g/mol. The fourth-order valence-corrected chi connectivity index (χ4v) is 1.97. The molecule has 0 saturated heterocycles. The minimum absolute atomic E-state index is 0.680. The summed E-state index contributed by atoms with van der Waals surface area (Å²) in [4.78, 5) is 8.67. The van der Waals surface area contributed by atoms with Crippen LogP contribution in [0.4, 0.5) is 0 Å². The molecule has 19 heavy (non-hydrogen) atoms. The summed E-state index contributed by atoms with van der Waals surface area (Å²) in [5.41, 5.74) is 2.35. The molecule has 0 radical (unpaired) electrons. The van der Waals surface area contributed by atoms with E-state index in [1.54, 1.807) is 0 Å². The molecule has 0 atom stereocenters. The molecule has 0 unspecified atom stereocenters. The van der Waals surface area contributed by atoms with Crippen molar-refractivity contribution in [3.63, 3.8) is 0 Å². The number of rotatable bonds is 4. The van der Waals surface area contributed by atoms with Gasteiger partial charge in [-0.2, -0.15) is 0 Å². The maximum absolute atomic E-state index is 5.54. The Hall–Kier alpha value is -1.71. The Labute approximate surface area is 116 Å². The zero-order valence-electron chi connectivity index (χ0n) is 12.9. The molecule has 1 aromatic rings. The van der Waals surface area contributed by atoms with Crippen molar-refractivity contribution in [3.05, 3.63) is 29.3 Å². The average molecular weight is 263 g/mol. The maximum atomic E-state index is 5.54. The van der Waals surface area contributed by atoms with Crippen LogP contribution in [0.5, 0.6) is 5.75 Å². The quantitative estimate of drug-likeness (QED) is 0.616. The first-order valence-electron chi connectivity index (χ1n) is 6.57. The van der Waals surface area contributed by atoms with Gasteiger partial charge in [-0.25, -0.2) is 4.99 Å². The Balaban J connectivity index is 2.83. The second-order valence-corrected chi connectivity index (χ2v) is 4.94. The maximum Gasteiger partial charge on any atom is 0.195 e. The smallest absolute Gasteiger partial charge is 0.195 e. The summed E-state index contributed by atoms with van der Waals surface area (Å²) in [6, 6.07) is 6.23. The van der Waals surface area contributed by atoms with Gasteiger partial charge in [0.15, 0.2) is 5.96 Å². The van der Waals surface area contributed by atoms with E-state index in [1.807, 2.05) is 51.0 Å². The summed E-state index contributed by atoms with van der Waals surface area (Å²) in [5, 5.41) is 0. The standard InChI is InChI=1S/C15H25N3O/c1-7-19-14-9-8-13(10-12(14)2)11-16-15(17(3)4)18(5)6/h8-10H,7,11H2,1-6H3. The molecular formula is C15H25N3O. The van der Waals surface area contributed by atoms with Gasteiger partial charge in [0.2, 0.25) is 0 Å². The molecule has 0 amide bonds. The number of hydrogen-bond acceptors (Lipinski definition) is 2. The van der Waals surface area contributed by atoms with Crippen LogP contribution < -0.4 is 4.74 Å². The number of ether oxygens (including phenoxy) is 1. The van der Waals surface area contributed by atoms with Crippen LogP contribution in [0.25, 0.3) is 0 Å². The summed E-state index contributed by atoms with van der Waals surface area (Å²) < 4.78 is 5.54. The van der Waals surface area contributed by atoms with Crippen LogP contribution in [-0.4, -0.2) is 50.6 Å². The molecule has 1 aromatic carbocycles. The molecule has 0 fully saturated rings. The first kappa shape index (κ1) is 15.3. The van der Waals surface area contributed by atoms with Crippen molar-refractivity contribution in [2.75, 3.05) is 34.8 Å². The molecule has 4 heteroatoms. The largest absolute Gasteiger partial charge is 0.494 e. The van der Waals surface area contributed by atoms with Crippen LogP contribution in [0, 0.1) is 6.92 Å². The van der Waals surface area contributed by atoms with Gasteiger partial charge >= 0.3 is 0 Å². The Morgan fingerprint density at radius 3 is 2.26 bits per heavy atom. The van der Waals surface area contributed by atoms with Gasteiger partial charge in [-0.05, 0) is 31.0 Å². The van der Waals surface area contributed by atoms with Gasteiger partial charge in [0, 0.05) is 28.2 Å². The van der Waals surface area contributed by atoms with Crippen molar-refractivity contribution in [1.29, 1.82) is 0 Å². The second kappa shape index (κ2) is 7.02. The van der Waals surface area contributed by atoms with Crippen LogP contribution in [0.15, 0.2) is 23.2 Å². The van der Waals surface area contributed by atoms with E-state index in [9.17, 15) is 0 Å². The lowest BCUT2D eigenvalue weighted by molar-refractivity contribution is 0.338. The van der Waals surface area contributed by atoms with E-state index in [0.29, 0.717) is 13.2 Å². The topological polar surface area (TPSA) is 28.1 Å². The van der Waals surface area contributed by atoms with Crippen LogP contribution >= 0.6 is 0 Å². The third kappa shape index (κ3) is 4.47. The molecule has 0 heterocycles. The van der Waals surface area contributed by atoms with Crippen molar-refractivity contribution in [3.8, 4) is 5.75 Å². The third-order valence-corrected chi connectivity index (χ3v) is 2.74. The molecule has 0 aromatic heterocycles. The van der Waals surface area contributed by atoms with E-state index in [4.69, 9.17) is 4.74 Å². The minimum Gasteiger partial charge on any atom is -0.494 e. The monoisotopic (exact) mass is 263 g/mol. The van der Waals surface area contributed by atoms with E-state index in [-0.39, 0.29) is 0 Å². The summed E-state index contributed by atoms with van der Waals surface area (Å²) >= 11 is 0. The first-order chi connectivity index (χ1) is 8.95. The van der Waals surface area contributed by atoms with Gasteiger partial charge in [-0.3, -0.25) is 0 Å². The summed E-state index contributed by atoms with van der Waals surface area (Å²) in [5.74, 6) is 1.92. The lowest BCUT2D eigenvalue weighted by atomic mass is 10.1. The van der Waals surface area contributed by atoms with Crippen molar-refractivity contribution in [2.45, 2.75) is 20.4 Å². The molecule has 0 N–H and O–H groups in total. The number of benzene rings is 1. The highest BCUT2D eigenvalue weighted by Gasteiger charge is 2.05. The first-order valence-corrected chi connectivity index (χ1v) is 6.57. The SMILES string of the molecule is CCOc1ccc(CN=C(N(C)C)N(C)C)cc1C. The molecule has 106 valence electrons. The van der Waals surface area contributed by atoms with Gasteiger partial charge in [0.25, 0.3) is 0 Å². The van der Waals surface area contributed by atoms with Crippen molar-refractivity contribution in [1.82, 2.24) is 9.80 Å². The highest BCUT2D eigenvalue weighted by atomic mass is 16.5. The fourth-order valence-electron chi connectivity index (χ4n) is 1.97. The summed E-state index contributed by atoms with van der Waals surface area (Å²) in [6.45, 7) is 5.44. The number of aliphatic imine (C=N–C) groups is 1. The van der Waals surface area contributed by atoms with E-state index in [0.717, 1.165) is 17.3 Å². The third-order valence-electron chi connectivity index (χ3n) is 2.74. The molecule has 0 aliphatic rings. The highest BCUT2D eigenvalue weighted by molar-refractivity contribution is 5.79. The number of hydrogen-bond donors (Lipinski definition) is 0. The van der Waals surface area contributed by atoms with Crippen LogP contribution in [0.2, 0.25) is 0 Å². The zero-order valence-corrected chi connectivity index (χ0v) is 12.9. The molecule has 0 bridgehead atoms. The van der Waals surface area contributed by atoms with E-state index >= 15 is 0 Å². The van der Waals surface area contributed by atoms with E-state index in [1.165, 1.54) is 5.56 Å². The molecule has 0 aliphatic heterocycles. The van der Waals surface area contributed by atoms with Crippen LogP contribution in [0.3, 0.4) is 0 Å². The van der Waals surface area contributed by atoms with Gasteiger partial charge in [-0.1, -0.05) is 12.1 Å². The van der Waals surface area contributed by atoms with Crippen LogP contribution in [-0.2, 0) is 6.54 Å². The second-order valence-electron chi connectivity index (χ2n) is 4.94.